The molecule has 0 amide bonds. The van der Waals surface area contributed by atoms with Gasteiger partial charge >= 0.3 is 5.69 Å². The average Bonchev–Trinajstić information content (AvgIpc) is 2.62. The molecule has 0 radical (unpaired) electrons. The van der Waals surface area contributed by atoms with Crippen LogP contribution in [0.3, 0.4) is 0 Å². The minimum Gasteiger partial charge on any atom is -0.300 e. The van der Waals surface area contributed by atoms with Gasteiger partial charge in [-0.25, -0.2) is 4.79 Å². The summed E-state index contributed by atoms with van der Waals surface area (Å²) in [5, 5.41) is 0. The van der Waals surface area contributed by atoms with Gasteiger partial charge in [0.15, 0.2) is 0 Å². The Labute approximate surface area is 95.9 Å². The minimum absolute atomic E-state index is 0.0331. The maximum Gasteiger partial charge on any atom is 0.328 e. The van der Waals surface area contributed by atoms with Crippen LogP contribution in [0.5, 0.6) is 0 Å². The van der Waals surface area contributed by atoms with Crippen LogP contribution in [0.1, 0.15) is 39.5 Å². The van der Waals surface area contributed by atoms with Crippen LogP contribution in [0.2, 0.25) is 0 Å². The van der Waals surface area contributed by atoms with Crippen molar-refractivity contribution in [3.8, 4) is 0 Å². The van der Waals surface area contributed by atoms with Gasteiger partial charge in [-0.1, -0.05) is 13.8 Å². The van der Waals surface area contributed by atoms with Gasteiger partial charge in [0.2, 0.25) is 0 Å². The van der Waals surface area contributed by atoms with Crippen molar-refractivity contribution in [3.63, 3.8) is 0 Å². The van der Waals surface area contributed by atoms with E-state index in [1.165, 1.54) is 0 Å². The van der Waals surface area contributed by atoms with Crippen molar-refractivity contribution in [1.82, 2.24) is 9.13 Å². The van der Waals surface area contributed by atoms with Gasteiger partial charge in [0.05, 0.1) is 0 Å². The fraction of sp³-hybridized carbons (Fsp3) is 0.667. The predicted octanol–water partition coefficient (Wildman–Crippen LogP) is 1.82. The molecule has 0 atom stereocenters. The van der Waals surface area contributed by atoms with E-state index in [1.807, 2.05) is 20.0 Å². The smallest absolute Gasteiger partial charge is 0.300 e. The van der Waals surface area contributed by atoms with E-state index in [0.717, 1.165) is 19.4 Å². The highest BCUT2D eigenvalue weighted by Gasteiger charge is 2.03. The summed E-state index contributed by atoms with van der Waals surface area (Å²) in [6, 6.07) is 0. The molecule has 0 spiro atoms. The molecule has 0 saturated heterocycles. The van der Waals surface area contributed by atoms with E-state index in [4.69, 9.17) is 0 Å². The molecular formula is C12H20N2O2. The van der Waals surface area contributed by atoms with E-state index in [2.05, 4.69) is 0 Å². The first kappa shape index (κ1) is 12.7. The second kappa shape index (κ2) is 6.30. The summed E-state index contributed by atoms with van der Waals surface area (Å²) in [6.07, 6.45) is 6.48. The Morgan fingerprint density at radius 1 is 1.19 bits per heavy atom. The van der Waals surface area contributed by atoms with Crippen molar-refractivity contribution in [3.05, 3.63) is 22.9 Å². The lowest BCUT2D eigenvalue weighted by molar-refractivity contribution is -0.118. The maximum absolute atomic E-state index is 11.7. The lowest BCUT2D eigenvalue weighted by Crippen LogP contribution is -2.24. The van der Waals surface area contributed by atoms with E-state index in [0.29, 0.717) is 19.4 Å². The van der Waals surface area contributed by atoms with Gasteiger partial charge in [-0.15, -0.1) is 0 Å². The van der Waals surface area contributed by atoms with Gasteiger partial charge in [0.25, 0.3) is 0 Å². The summed E-state index contributed by atoms with van der Waals surface area (Å²) in [6.45, 7) is 5.32. The summed E-state index contributed by atoms with van der Waals surface area (Å²) in [7, 11) is 0. The van der Waals surface area contributed by atoms with Crippen LogP contribution >= 0.6 is 0 Å². The topological polar surface area (TPSA) is 44.0 Å². The second-order valence-corrected chi connectivity index (χ2v) is 3.96. The molecule has 0 N–H and O–H groups in total. The summed E-state index contributed by atoms with van der Waals surface area (Å²) in [5.41, 5.74) is 0.0331. The molecule has 1 rings (SSSR count). The average molecular weight is 224 g/mol. The zero-order chi connectivity index (χ0) is 12.0. The molecule has 1 aromatic rings. The zero-order valence-electron chi connectivity index (χ0n) is 10.1. The fourth-order valence-corrected chi connectivity index (χ4v) is 1.66. The lowest BCUT2D eigenvalue weighted by Gasteiger charge is -2.01. The van der Waals surface area contributed by atoms with Crippen LogP contribution in [0.15, 0.2) is 17.2 Å². The van der Waals surface area contributed by atoms with Crippen molar-refractivity contribution < 1.29 is 4.79 Å². The second-order valence-electron chi connectivity index (χ2n) is 3.96. The molecule has 0 aromatic carbocycles. The quantitative estimate of drug-likeness (QED) is 0.709. The molecule has 90 valence electrons. The number of carbonyl (C=O) groups is 1. The van der Waals surface area contributed by atoms with E-state index in [-0.39, 0.29) is 11.5 Å². The van der Waals surface area contributed by atoms with E-state index >= 15 is 0 Å². The van der Waals surface area contributed by atoms with Crippen molar-refractivity contribution in [2.75, 3.05) is 0 Å². The molecule has 0 fully saturated rings. The van der Waals surface area contributed by atoms with Crippen LogP contribution in [-0.2, 0) is 17.9 Å². The SMILES string of the molecule is CCCn1ccn(CCCC(=O)CC)c1=O. The Bertz CT molecular complexity index is 390. The molecule has 16 heavy (non-hydrogen) atoms. The number of hydrogen-bond donors (Lipinski definition) is 0. The Morgan fingerprint density at radius 2 is 1.81 bits per heavy atom. The van der Waals surface area contributed by atoms with Crippen LogP contribution in [-0.4, -0.2) is 14.9 Å². The molecule has 4 heteroatoms. The predicted molar refractivity (Wildman–Crippen MR) is 63.5 cm³/mol. The maximum atomic E-state index is 11.7. The number of Topliss-reactive ketones (excluding diaryl/α,β-unsaturated/α-hetero) is 1. The Kier molecular flexibility index (Phi) is 5.02. The number of imidazole rings is 1. The first-order valence-corrected chi connectivity index (χ1v) is 5.96. The summed E-state index contributed by atoms with van der Waals surface area (Å²) in [5.74, 6) is 0.265. The molecule has 0 aliphatic carbocycles. The number of carbonyl (C=O) groups excluding carboxylic acids is 1. The molecule has 0 aliphatic heterocycles. The highest BCUT2D eigenvalue weighted by molar-refractivity contribution is 5.77. The van der Waals surface area contributed by atoms with Crippen molar-refractivity contribution >= 4 is 5.78 Å². The van der Waals surface area contributed by atoms with Crippen molar-refractivity contribution in [2.24, 2.45) is 0 Å². The summed E-state index contributed by atoms with van der Waals surface area (Å²) >= 11 is 0. The molecule has 0 unspecified atom stereocenters. The van der Waals surface area contributed by atoms with Gasteiger partial charge in [0.1, 0.15) is 5.78 Å². The summed E-state index contributed by atoms with van der Waals surface area (Å²) in [4.78, 5) is 22.8. The highest BCUT2D eigenvalue weighted by atomic mass is 16.1. The molecule has 0 bridgehead atoms. The number of hydrogen-bond acceptors (Lipinski definition) is 2. The van der Waals surface area contributed by atoms with Gasteiger partial charge in [-0.05, 0) is 12.8 Å². The Hall–Kier alpha value is -1.32. The number of aromatic nitrogens is 2. The number of ketones is 1. The Balaban J connectivity index is 2.48. The standard InChI is InChI=1S/C12H20N2O2/c1-3-7-13-9-10-14(12(13)16)8-5-6-11(15)4-2/h9-10H,3-8H2,1-2H3. The van der Waals surface area contributed by atoms with E-state index in [9.17, 15) is 9.59 Å². The largest absolute Gasteiger partial charge is 0.328 e. The van der Waals surface area contributed by atoms with E-state index < -0.39 is 0 Å². The van der Waals surface area contributed by atoms with Gasteiger partial charge < -0.3 is 0 Å². The first-order valence-electron chi connectivity index (χ1n) is 5.96. The number of rotatable bonds is 7. The first-order chi connectivity index (χ1) is 7.69. The molecule has 1 heterocycles. The van der Waals surface area contributed by atoms with Crippen LogP contribution in [0, 0.1) is 0 Å². The lowest BCUT2D eigenvalue weighted by atomic mass is 10.2. The van der Waals surface area contributed by atoms with Crippen LogP contribution in [0.4, 0.5) is 0 Å². The van der Waals surface area contributed by atoms with Crippen molar-refractivity contribution in [2.45, 2.75) is 52.6 Å². The number of nitrogens with zero attached hydrogens (tertiary/aromatic N) is 2. The van der Waals surface area contributed by atoms with Crippen LogP contribution < -0.4 is 5.69 Å². The van der Waals surface area contributed by atoms with Crippen LogP contribution in [0.25, 0.3) is 0 Å². The monoisotopic (exact) mass is 224 g/mol. The minimum atomic E-state index is 0.0331. The third-order valence-corrected chi connectivity index (χ3v) is 2.63. The zero-order valence-corrected chi connectivity index (χ0v) is 10.1. The van der Waals surface area contributed by atoms with E-state index in [1.54, 1.807) is 15.3 Å². The van der Waals surface area contributed by atoms with Gasteiger partial charge in [-0.3, -0.25) is 13.9 Å². The summed E-state index contributed by atoms with van der Waals surface area (Å²) < 4.78 is 3.39. The molecule has 0 aliphatic rings. The molecule has 4 nitrogen and oxygen atoms in total. The molecule has 1 aromatic heterocycles. The number of aryl methyl sites for hydroxylation is 2. The fourth-order valence-electron chi connectivity index (χ4n) is 1.66. The van der Waals surface area contributed by atoms with Gasteiger partial charge in [0, 0.05) is 38.3 Å². The third kappa shape index (κ3) is 3.36. The van der Waals surface area contributed by atoms with Crippen molar-refractivity contribution in [1.29, 1.82) is 0 Å². The van der Waals surface area contributed by atoms with Gasteiger partial charge in [-0.2, -0.15) is 0 Å². The molecular weight excluding hydrogens is 204 g/mol. The normalized spacial score (nSPS) is 10.6. The molecule has 0 saturated carbocycles. The highest BCUT2D eigenvalue weighted by Crippen LogP contribution is 1.97. The Morgan fingerprint density at radius 3 is 2.38 bits per heavy atom. The third-order valence-electron chi connectivity index (χ3n) is 2.63.